The molecule has 3 N–H and O–H groups in total. The largest absolute Gasteiger partial charge is 0.366 e. The molecule has 2 amide bonds. The van der Waals surface area contributed by atoms with Crippen LogP contribution in [0.15, 0.2) is 42.7 Å². The van der Waals surface area contributed by atoms with E-state index in [1.807, 2.05) is 40.9 Å². The van der Waals surface area contributed by atoms with Crippen LogP contribution >= 0.6 is 34.7 Å². The number of fused-ring (bicyclic) bond motifs is 1. The van der Waals surface area contributed by atoms with Crippen LogP contribution in [-0.4, -0.2) is 22.1 Å². The number of anilines is 1. The number of primary amides is 1. The first-order chi connectivity index (χ1) is 13.0. The summed E-state index contributed by atoms with van der Waals surface area (Å²) in [6.07, 6.45) is 4.75. The Morgan fingerprint density at radius 1 is 1.22 bits per heavy atom. The Morgan fingerprint density at radius 2 is 2.00 bits per heavy atom. The highest BCUT2D eigenvalue weighted by atomic mass is 35.5. The maximum Gasteiger partial charge on any atom is 0.258 e. The molecule has 0 aliphatic carbocycles. The van der Waals surface area contributed by atoms with Crippen molar-refractivity contribution in [2.24, 2.45) is 5.73 Å². The van der Waals surface area contributed by atoms with Gasteiger partial charge in [-0.25, -0.2) is 0 Å². The Morgan fingerprint density at radius 3 is 2.74 bits per heavy atom. The maximum atomic E-state index is 13.2. The normalized spacial score (nSPS) is 13.2. The van der Waals surface area contributed by atoms with E-state index in [2.05, 4.69) is 5.32 Å². The van der Waals surface area contributed by atoms with Gasteiger partial charge in [0.05, 0.1) is 16.1 Å². The monoisotopic (exact) mass is 417 g/mol. The summed E-state index contributed by atoms with van der Waals surface area (Å²) in [6.45, 7) is 0. The van der Waals surface area contributed by atoms with E-state index in [0.29, 0.717) is 11.3 Å². The highest BCUT2D eigenvalue weighted by molar-refractivity contribution is 7.98. The van der Waals surface area contributed by atoms with Crippen molar-refractivity contribution in [3.63, 3.8) is 0 Å². The number of halogens is 1. The van der Waals surface area contributed by atoms with E-state index in [1.54, 1.807) is 23.5 Å². The summed E-state index contributed by atoms with van der Waals surface area (Å²) >= 11 is 9.54. The van der Waals surface area contributed by atoms with Crippen molar-refractivity contribution >= 4 is 52.2 Å². The Bertz CT molecular complexity index is 1030. The summed E-state index contributed by atoms with van der Waals surface area (Å²) in [6, 6.07) is 8.61. The number of amides is 2. The van der Waals surface area contributed by atoms with Gasteiger partial charge in [-0.1, -0.05) is 11.6 Å². The molecule has 5 nitrogen and oxygen atoms in total. The second-order valence-electron chi connectivity index (χ2n) is 6.09. The molecule has 1 aromatic carbocycles. The SMILES string of the molecule is NC(=O)c1cc(NC(=O)c2c(-n3cccc3)sc3c2CCSC3)ccc1Cl. The van der Waals surface area contributed by atoms with E-state index >= 15 is 0 Å². The van der Waals surface area contributed by atoms with Gasteiger partial charge >= 0.3 is 0 Å². The average Bonchev–Trinajstić information content (AvgIpc) is 3.30. The molecule has 3 heterocycles. The molecule has 0 radical (unpaired) electrons. The first-order valence-corrected chi connectivity index (χ1v) is 10.7. The van der Waals surface area contributed by atoms with Crippen LogP contribution in [0.5, 0.6) is 0 Å². The third-order valence-electron chi connectivity index (χ3n) is 4.36. The number of nitrogens with two attached hydrogens (primary N) is 1. The lowest BCUT2D eigenvalue weighted by atomic mass is 10.1. The van der Waals surface area contributed by atoms with E-state index in [0.717, 1.165) is 28.5 Å². The number of benzene rings is 1. The number of carbonyl (C=O) groups excluding carboxylic acids is 2. The summed E-state index contributed by atoms with van der Waals surface area (Å²) in [5, 5.41) is 4.07. The average molecular weight is 418 g/mol. The quantitative estimate of drug-likeness (QED) is 0.663. The van der Waals surface area contributed by atoms with Gasteiger partial charge in [0.1, 0.15) is 5.00 Å². The van der Waals surface area contributed by atoms with Crippen LogP contribution in [0.2, 0.25) is 5.02 Å². The molecule has 2 aromatic heterocycles. The Kier molecular flexibility index (Phi) is 4.99. The number of aromatic nitrogens is 1. The number of nitrogens with one attached hydrogen (secondary N) is 1. The Labute approximate surface area is 169 Å². The van der Waals surface area contributed by atoms with Gasteiger partial charge in [-0.3, -0.25) is 9.59 Å². The topological polar surface area (TPSA) is 77.1 Å². The molecule has 0 saturated heterocycles. The van der Waals surface area contributed by atoms with Crippen LogP contribution in [0.1, 0.15) is 31.2 Å². The van der Waals surface area contributed by atoms with Gasteiger partial charge in [0, 0.05) is 28.7 Å². The van der Waals surface area contributed by atoms with Gasteiger partial charge in [-0.2, -0.15) is 11.8 Å². The number of thiophene rings is 1. The minimum Gasteiger partial charge on any atom is -0.366 e. The fraction of sp³-hybridized carbons (Fsp3) is 0.158. The molecular weight excluding hydrogens is 402 g/mol. The van der Waals surface area contributed by atoms with E-state index in [1.165, 1.54) is 10.9 Å². The molecule has 0 saturated carbocycles. The maximum absolute atomic E-state index is 13.2. The summed E-state index contributed by atoms with van der Waals surface area (Å²) < 4.78 is 1.97. The van der Waals surface area contributed by atoms with Crippen molar-refractivity contribution in [3.8, 4) is 5.00 Å². The Hall–Kier alpha value is -2.22. The lowest BCUT2D eigenvalue weighted by molar-refractivity contribution is 0.0996. The smallest absolute Gasteiger partial charge is 0.258 e. The third-order valence-corrected chi connectivity index (χ3v) is 7.10. The van der Waals surface area contributed by atoms with Crippen LogP contribution < -0.4 is 11.1 Å². The van der Waals surface area contributed by atoms with Crippen molar-refractivity contribution in [3.05, 3.63) is 69.3 Å². The fourth-order valence-corrected chi connectivity index (χ4v) is 5.74. The highest BCUT2D eigenvalue weighted by Crippen LogP contribution is 2.38. The Balaban J connectivity index is 1.73. The summed E-state index contributed by atoms with van der Waals surface area (Å²) in [5.74, 6) is 1.10. The molecule has 138 valence electrons. The van der Waals surface area contributed by atoms with Crippen molar-refractivity contribution in [1.82, 2.24) is 4.57 Å². The minimum atomic E-state index is -0.630. The number of rotatable bonds is 4. The number of thioether (sulfide) groups is 1. The lowest BCUT2D eigenvalue weighted by Gasteiger charge is -2.13. The van der Waals surface area contributed by atoms with E-state index in [-0.39, 0.29) is 16.5 Å². The summed E-state index contributed by atoms with van der Waals surface area (Å²) in [4.78, 5) is 25.9. The van der Waals surface area contributed by atoms with Gasteiger partial charge in [0.15, 0.2) is 0 Å². The first kappa shape index (κ1) is 18.2. The fourth-order valence-electron chi connectivity index (χ4n) is 3.09. The van der Waals surface area contributed by atoms with Crippen LogP contribution in [0.25, 0.3) is 5.00 Å². The first-order valence-electron chi connectivity index (χ1n) is 8.31. The third kappa shape index (κ3) is 3.50. The molecule has 0 bridgehead atoms. The molecule has 1 aliphatic rings. The number of carbonyl (C=O) groups is 2. The van der Waals surface area contributed by atoms with Crippen molar-refractivity contribution in [1.29, 1.82) is 0 Å². The molecule has 0 fully saturated rings. The van der Waals surface area contributed by atoms with E-state index in [9.17, 15) is 9.59 Å². The zero-order valence-electron chi connectivity index (χ0n) is 14.2. The molecule has 8 heteroatoms. The lowest BCUT2D eigenvalue weighted by Crippen LogP contribution is -2.17. The molecule has 4 rings (SSSR count). The van der Waals surface area contributed by atoms with Crippen molar-refractivity contribution in [2.75, 3.05) is 11.1 Å². The molecule has 0 unspecified atom stereocenters. The number of hydrogen-bond acceptors (Lipinski definition) is 4. The van der Waals surface area contributed by atoms with Crippen molar-refractivity contribution < 1.29 is 9.59 Å². The van der Waals surface area contributed by atoms with E-state index < -0.39 is 5.91 Å². The molecule has 0 spiro atoms. The van der Waals surface area contributed by atoms with Crippen LogP contribution in [0, 0.1) is 0 Å². The second-order valence-corrected chi connectivity index (χ2v) is 8.69. The number of nitrogens with zero attached hydrogens (tertiary/aromatic N) is 1. The van der Waals surface area contributed by atoms with Crippen molar-refractivity contribution in [2.45, 2.75) is 12.2 Å². The zero-order chi connectivity index (χ0) is 19.0. The summed E-state index contributed by atoms with van der Waals surface area (Å²) in [5.41, 5.74) is 7.83. The molecule has 27 heavy (non-hydrogen) atoms. The van der Waals surface area contributed by atoms with Gasteiger partial charge in [-0.05, 0) is 48.1 Å². The molecule has 0 atom stereocenters. The minimum absolute atomic E-state index is 0.184. The highest BCUT2D eigenvalue weighted by Gasteiger charge is 2.26. The molecular formula is C19H16ClN3O2S2. The second kappa shape index (κ2) is 7.42. The van der Waals surface area contributed by atoms with Crippen LogP contribution in [0.4, 0.5) is 5.69 Å². The standard InChI is InChI=1S/C19H16ClN3O2S2/c20-14-4-3-11(9-13(14)17(21)24)22-18(25)16-12-5-8-26-10-15(12)27-19(16)23-6-1-2-7-23/h1-4,6-7,9H,5,8,10H2,(H2,21,24)(H,22,25). The predicted octanol–water partition coefficient (Wildman–Crippen LogP) is 4.33. The summed E-state index contributed by atoms with van der Waals surface area (Å²) in [7, 11) is 0. The molecule has 1 aliphatic heterocycles. The van der Waals surface area contributed by atoms with Gasteiger partial charge in [0.25, 0.3) is 5.91 Å². The van der Waals surface area contributed by atoms with Crippen LogP contribution in [0.3, 0.4) is 0 Å². The molecule has 3 aromatic rings. The predicted molar refractivity (Wildman–Crippen MR) is 111 cm³/mol. The van der Waals surface area contributed by atoms with Gasteiger partial charge in [-0.15, -0.1) is 11.3 Å². The van der Waals surface area contributed by atoms with Crippen LogP contribution in [-0.2, 0) is 12.2 Å². The number of hydrogen-bond donors (Lipinski definition) is 2. The van der Waals surface area contributed by atoms with E-state index in [4.69, 9.17) is 17.3 Å². The zero-order valence-corrected chi connectivity index (χ0v) is 16.6. The van der Waals surface area contributed by atoms with Gasteiger partial charge in [0.2, 0.25) is 5.91 Å². The van der Waals surface area contributed by atoms with Gasteiger partial charge < -0.3 is 15.6 Å².